The zero-order valence-electron chi connectivity index (χ0n) is 17.8. The summed E-state index contributed by atoms with van der Waals surface area (Å²) in [7, 11) is 0. The fourth-order valence-electron chi connectivity index (χ4n) is 3.61. The van der Waals surface area contributed by atoms with E-state index in [4.69, 9.17) is 4.74 Å². The van der Waals surface area contributed by atoms with Crippen molar-refractivity contribution in [1.82, 2.24) is 15.0 Å². The predicted molar refractivity (Wildman–Crippen MR) is 111 cm³/mol. The second-order valence-corrected chi connectivity index (χ2v) is 8.42. The molecule has 0 aromatic carbocycles. The number of aromatic nitrogens is 3. The van der Waals surface area contributed by atoms with Crippen molar-refractivity contribution in [2.24, 2.45) is 5.41 Å². The summed E-state index contributed by atoms with van der Waals surface area (Å²) in [6, 6.07) is 5.26. The lowest BCUT2D eigenvalue weighted by Gasteiger charge is -2.40. The maximum atomic E-state index is 12.5. The summed E-state index contributed by atoms with van der Waals surface area (Å²) in [5, 5.41) is 25.8. The predicted octanol–water partition coefficient (Wildman–Crippen LogP) is 3.65. The molecule has 3 rings (SSSR count). The number of nitrogens with zero attached hydrogens (tertiary/aromatic N) is 4. The van der Waals surface area contributed by atoms with Crippen LogP contribution in [0.2, 0.25) is 0 Å². The van der Waals surface area contributed by atoms with Crippen molar-refractivity contribution in [3.63, 3.8) is 0 Å². The molecule has 1 aliphatic carbocycles. The molecular weight excluding hydrogens is 425 g/mol. The number of nitriles is 1. The van der Waals surface area contributed by atoms with Gasteiger partial charge in [0, 0.05) is 24.3 Å². The van der Waals surface area contributed by atoms with E-state index in [1.165, 1.54) is 12.4 Å². The molecule has 32 heavy (non-hydrogen) atoms. The van der Waals surface area contributed by atoms with Crippen LogP contribution in [-0.2, 0) is 6.54 Å². The van der Waals surface area contributed by atoms with E-state index >= 15 is 0 Å². The standard InChI is InChI=1S/C21H25F3N6O2/c1-20(2)8-15(5-6-16(20)31)29-17-14(9-25)11-28-19(30-17)27-10-13-4-3-7-26-18(13)32-12-21(22,23)24/h3-4,7,11,15-16,31H,5-6,8,10,12H2,1-2H3,(H2,27,28,29,30)/t15-,16+/m1/s1. The van der Waals surface area contributed by atoms with Gasteiger partial charge in [-0.3, -0.25) is 0 Å². The van der Waals surface area contributed by atoms with Crippen molar-refractivity contribution in [2.45, 2.75) is 58.0 Å². The highest BCUT2D eigenvalue weighted by molar-refractivity contribution is 5.54. The normalized spacial score (nSPS) is 20.3. The van der Waals surface area contributed by atoms with Crippen LogP contribution in [0.15, 0.2) is 24.5 Å². The lowest BCUT2D eigenvalue weighted by atomic mass is 9.73. The molecule has 2 atom stereocenters. The van der Waals surface area contributed by atoms with Crippen LogP contribution in [0.5, 0.6) is 5.88 Å². The summed E-state index contributed by atoms with van der Waals surface area (Å²) in [5.74, 6) is 0.432. The van der Waals surface area contributed by atoms with Crippen molar-refractivity contribution in [2.75, 3.05) is 17.2 Å². The SMILES string of the molecule is CC1(C)C[C@H](Nc2nc(NCc3cccnc3OCC(F)(F)F)ncc2C#N)CC[C@@H]1O. The van der Waals surface area contributed by atoms with Crippen LogP contribution in [0.4, 0.5) is 24.9 Å². The first-order valence-corrected chi connectivity index (χ1v) is 10.2. The molecule has 0 radical (unpaired) electrons. The molecule has 2 aromatic heterocycles. The van der Waals surface area contributed by atoms with Crippen molar-refractivity contribution < 1.29 is 23.0 Å². The quantitative estimate of drug-likeness (QED) is 0.586. The molecule has 0 bridgehead atoms. The number of nitrogens with one attached hydrogen (secondary N) is 2. The van der Waals surface area contributed by atoms with Gasteiger partial charge in [0.25, 0.3) is 0 Å². The van der Waals surface area contributed by atoms with Gasteiger partial charge in [0.1, 0.15) is 17.5 Å². The Morgan fingerprint density at radius 2 is 2.09 bits per heavy atom. The highest BCUT2D eigenvalue weighted by Crippen LogP contribution is 2.37. The van der Waals surface area contributed by atoms with Crippen molar-refractivity contribution >= 4 is 11.8 Å². The number of ether oxygens (including phenoxy) is 1. The van der Waals surface area contributed by atoms with Crippen LogP contribution in [0.25, 0.3) is 0 Å². The van der Waals surface area contributed by atoms with Crippen LogP contribution in [-0.4, -0.2) is 45.0 Å². The average Bonchev–Trinajstić information content (AvgIpc) is 2.73. The van der Waals surface area contributed by atoms with E-state index < -0.39 is 12.8 Å². The number of alkyl halides is 3. The first kappa shape index (κ1) is 23.5. The minimum Gasteiger partial charge on any atom is -0.468 e. The molecule has 1 fully saturated rings. The van der Waals surface area contributed by atoms with Gasteiger partial charge in [-0.1, -0.05) is 19.9 Å². The topological polar surface area (TPSA) is 116 Å². The summed E-state index contributed by atoms with van der Waals surface area (Å²) in [4.78, 5) is 12.3. The highest BCUT2D eigenvalue weighted by Gasteiger charge is 2.36. The number of aliphatic hydroxyl groups excluding tert-OH is 1. The Balaban J connectivity index is 1.70. The Morgan fingerprint density at radius 3 is 2.78 bits per heavy atom. The number of rotatable bonds is 7. The van der Waals surface area contributed by atoms with E-state index in [0.29, 0.717) is 24.2 Å². The minimum atomic E-state index is -4.47. The van der Waals surface area contributed by atoms with Gasteiger partial charge < -0.3 is 20.5 Å². The van der Waals surface area contributed by atoms with Crippen molar-refractivity contribution in [3.05, 3.63) is 35.7 Å². The van der Waals surface area contributed by atoms with Crippen LogP contribution in [0, 0.1) is 16.7 Å². The summed E-state index contributed by atoms with van der Waals surface area (Å²) >= 11 is 0. The minimum absolute atomic E-state index is 0.0314. The van der Waals surface area contributed by atoms with Crippen LogP contribution in [0.1, 0.15) is 44.2 Å². The number of aliphatic hydroxyl groups is 1. The van der Waals surface area contributed by atoms with Gasteiger partial charge >= 0.3 is 6.18 Å². The average molecular weight is 450 g/mol. The maximum Gasteiger partial charge on any atom is 0.422 e. The monoisotopic (exact) mass is 450 g/mol. The molecule has 1 aliphatic rings. The van der Waals surface area contributed by atoms with E-state index in [-0.39, 0.29) is 41.5 Å². The molecule has 11 heteroatoms. The lowest BCUT2D eigenvalue weighted by molar-refractivity contribution is -0.154. The third-order valence-electron chi connectivity index (χ3n) is 5.37. The van der Waals surface area contributed by atoms with Crippen molar-refractivity contribution in [1.29, 1.82) is 5.26 Å². The molecule has 2 aromatic rings. The summed E-state index contributed by atoms with van der Waals surface area (Å²) in [5.41, 5.74) is 0.418. The Morgan fingerprint density at radius 1 is 1.31 bits per heavy atom. The van der Waals surface area contributed by atoms with Gasteiger partial charge in [-0.05, 0) is 30.7 Å². The van der Waals surface area contributed by atoms with Gasteiger partial charge in [-0.15, -0.1) is 0 Å². The first-order valence-electron chi connectivity index (χ1n) is 10.2. The van der Waals surface area contributed by atoms with E-state index in [1.54, 1.807) is 12.1 Å². The molecule has 0 unspecified atom stereocenters. The molecule has 0 aliphatic heterocycles. The molecule has 8 nitrogen and oxygen atoms in total. The van der Waals surface area contributed by atoms with Crippen LogP contribution in [0.3, 0.4) is 0 Å². The number of anilines is 2. The van der Waals surface area contributed by atoms with Gasteiger partial charge in [-0.2, -0.15) is 23.4 Å². The second-order valence-electron chi connectivity index (χ2n) is 8.42. The number of pyridine rings is 1. The molecular formula is C21H25F3N6O2. The fraction of sp³-hybridized carbons (Fsp3) is 0.524. The molecule has 0 spiro atoms. The molecule has 172 valence electrons. The highest BCUT2D eigenvalue weighted by atomic mass is 19.4. The summed E-state index contributed by atoms with van der Waals surface area (Å²) in [6.45, 7) is 2.63. The number of hydrogen-bond donors (Lipinski definition) is 3. The largest absolute Gasteiger partial charge is 0.468 e. The van der Waals surface area contributed by atoms with Gasteiger partial charge in [-0.25, -0.2) is 9.97 Å². The molecule has 0 saturated heterocycles. The Hall–Kier alpha value is -3.13. The smallest absolute Gasteiger partial charge is 0.422 e. The third-order valence-corrected chi connectivity index (χ3v) is 5.37. The first-order chi connectivity index (χ1) is 15.1. The Kier molecular flexibility index (Phi) is 7.03. The number of halogens is 3. The Labute approximate surface area is 183 Å². The van der Waals surface area contributed by atoms with Gasteiger partial charge in [0.2, 0.25) is 11.8 Å². The number of hydrogen-bond acceptors (Lipinski definition) is 8. The molecule has 2 heterocycles. The lowest BCUT2D eigenvalue weighted by Crippen LogP contribution is -2.41. The van der Waals surface area contributed by atoms with Gasteiger partial charge in [0.05, 0.1) is 12.3 Å². The Bertz CT molecular complexity index is 977. The van der Waals surface area contributed by atoms with E-state index in [1.807, 2.05) is 13.8 Å². The molecule has 0 amide bonds. The maximum absolute atomic E-state index is 12.5. The molecule has 1 saturated carbocycles. The zero-order valence-corrected chi connectivity index (χ0v) is 17.8. The summed E-state index contributed by atoms with van der Waals surface area (Å²) < 4.78 is 42.2. The van der Waals surface area contributed by atoms with E-state index in [0.717, 1.165) is 6.42 Å². The fourth-order valence-corrected chi connectivity index (χ4v) is 3.61. The zero-order chi connectivity index (χ0) is 23.4. The van der Waals surface area contributed by atoms with Crippen molar-refractivity contribution in [3.8, 4) is 11.9 Å². The van der Waals surface area contributed by atoms with Crippen LogP contribution >= 0.6 is 0 Å². The summed E-state index contributed by atoms with van der Waals surface area (Å²) in [6.07, 6.45) is -0.0400. The van der Waals surface area contributed by atoms with Crippen LogP contribution < -0.4 is 15.4 Å². The van der Waals surface area contributed by atoms with Gasteiger partial charge in [0.15, 0.2) is 6.61 Å². The van der Waals surface area contributed by atoms with E-state index in [9.17, 15) is 23.5 Å². The van der Waals surface area contributed by atoms with E-state index in [2.05, 4.69) is 31.7 Å². The molecule has 3 N–H and O–H groups in total. The third kappa shape index (κ3) is 6.20. The second kappa shape index (κ2) is 9.56.